The molecule has 2 atom stereocenters. The molecule has 2 bridgehead atoms. The highest BCUT2D eigenvalue weighted by atomic mass is 16.1. The highest BCUT2D eigenvalue weighted by Gasteiger charge is 2.46. The molecule has 2 N–H and O–H groups in total. The van der Waals surface area contributed by atoms with Crippen molar-refractivity contribution < 1.29 is 4.79 Å². The number of nitrogens with one attached hydrogen (secondary N) is 2. The minimum absolute atomic E-state index is 0.0775. The van der Waals surface area contributed by atoms with Crippen LogP contribution in [0.15, 0.2) is 75.6 Å². The zero-order chi connectivity index (χ0) is 22.0. The lowest BCUT2D eigenvalue weighted by Crippen LogP contribution is -2.40. The molecule has 5 heteroatoms. The number of amides is 1. The van der Waals surface area contributed by atoms with E-state index in [4.69, 9.17) is 4.99 Å². The molecule has 31 heavy (non-hydrogen) atoms. The van der Waals surface area contributed by atoms with Crippen LogP contribution in [0.4, 0.5) is 0 Å². The fourth-order valence-corrected chi connectivity index (χ4v) is 4.95. The van der Waals surface area contributed by atoms with Crippen molar-refractivity contribution in [1.82, 2.24) is 10.3 Å². The largest absolute Gasteiger partial charge is 0.355 e. The van der Waals surface area contributed by atoms with E-state index in [0.29, 0.717) is 5.56 Å². The monoisotopic (exact) mass is 413 g/mol. The highest BCUT2D eigenvalue weighted by molar-refractivity contribution is 5.98. The van der Waals surface area contributed by atoms with Gasteiger partial charge in [-0.25, -0.2) is 0 Å². The normalized spacial score (nSPS) is 23.8. The number of H-pyrrole nitrogens is 1. The van der Waals surface area contributed by atoms with Gasteiger partial charge in [0.15, 0.2) is 0 Å². The minimum atomic E-state index is -0.513. The molecule has 158 valence electrons. The van der Waals surface area contributed by atoms with Crippen LogP contribution in [0.5, 0.6) is 0 Å². The number of hydrogen-bond donors (Lipinski definition) is 2. The molecule has 2 aliphatic carbocycles. The first-order valence-corrected chi connectivity index (χ1v) is 10.6. The van der Waals surface area contributed by atoms with Gasteiger partial charge in [-0.15, -0.1) is 0 Å². The van der Waals surface area contributed by atoms with E-state index in [2.05, 4.69) is 36.3 Å². The van der Waals surface area contributed by atoms with E-state index >= 15 is 0 Å². The average molecular weight is 414 g/mol. The number of nitrogens with zero attached hydrogens (tertiary/aromatic N) is 1. The zero-order valence-electron chi connectivity index (χ0n) is 18.1. The third kappa shape index (κ3) is 3.72. The highest BCUT2D eigenvalue weighted by Crippen LogP contribution is 2.51. The number of aromatic amines is 1. The summed E-state index contributed by atoms with van der Waals surface area (Å²) < 4.78 is 0. The number of pyridine rings is 1. The van der Waals surface area contributed by atoms with Crippen molar-refractivity contribution in [3.05, 3.63) is 98.5 Å². The van der Waals surface area contributed by atoms with E-state index in [1.807, 2.05) is 42.6 Å². The van der Waals surface area contributed by atoms with Crippen LogP contribution in [0.3, 0.4) is 0 Å². The molecule has 1 aromatic carbocycles. The molecule has 4 rings (SSSR count). The molecule has 0 aliphatic heterocycles. The first-order valence-electron chi connectivity index (χ1n) is 10.6. The summed E-state index contributed by atoms with van der Waals surface area (Å²) in [6, 6.07) is 11.0. The molecule has 1 amide bonds. The van der Waals surface area contributed by atoms with Gasteiger partial charge in [-0.3, -0.25) is 14.6 Å². The SMILES string of the molecule is CC=C1C2C=C(C)CC1(N=C/C=C/c1ccccc1C(=O)NC)c1ccc(=O)[nH]c1C2. The minimum Gasteiger partial charge on any atom is -0.355 e. The molecular weight excluding hydrogens is 386 g/mol. The first-order chi connectivity index (χ1) is 15.0. The van der Waals surface area contributed by atoms with Crippen molar-refractivity contribution in [3.63, 3.8) is 0 Å². The van der Waals surface area contributed by atoms with Gasteiger partial charge in [-0.2, -0.15) is 0 Å². The molecule has 0 saturated carbocycles. The molecule has 0 radical (unpaired) electrons. The second-order valence-corrected chi connectivity index (χ2v) is 8.12. The Balaban J connectivity index is 1.75. The lowest BCUT2D eigenvalue weighted by Gasteiger charge is -2.45. The summed E-state index contributed by atoms with van der Waals surface area (Å²) >= 11 is 0. The van der Waals surface area contributed by atoms with Crippen LogP contribution in [0.25, 0.3) is 6.08 Å². The number of carbonyl (C=O) groups is 1. The molecular formula is C26H27N3O2. The van der Waals surface area contributed by atoms with Gasteiger partial charge in [0.05, 0.1) is 0 Å². The van der Waals surface area contributed by atoms with E-state index < -0.39 is 5.54 Å². The Hall–Kier alpha value is -3.47. The van der Waals surface area contributed by atoms with Crippen LogP contribution in [0.2, 0.25) is 0 Å². The fourth-order valence-electron chi connectivity index (χ4n) is 4.95. The predicted octanol–water partition coefficient (Wildman–Crippen LogP) is 4.18. The van der Waals surface area contributed by atoms with Crippen LogP contribution >= 0.6 is 0 Å². The van der Waals surface area contributed by atoms with Crippen LogP contribution < -0.4 is 10.9 Å². The van der Waals surface area contributed by atoms with Gasteiger partial charge in [0.2, 0.25) is 5.56 Å². The van der Waals surface area contributed by atoms with Crippen molar-refractivity contribution in [2.75, 3.05) is 7.05 Å². The number of benzene rings is 1. The van der Waals surface area contributed by atoms with Crippen LogP contribution in [0.1, 0.15) is 47.4 Å². The fraction of sp³-hybridized carbons (Fsp3) is 0.269. The van der Waals surface area contributed by atoms with E-state index in [1.54, 1.807) is 19.2 Å². The summed E-state index contributed by atoms with van der Waals surface area (Å²) in [7, 11) is 1.63. The number of allylic oxidation sites excluding steroid dienone is 3. The Morgan fingerprint density at radius 2 is 2.06 bits per heavy atom. The van der Waals surface area contributed by atoms with Gasteiger partial charge in [0.1, 0.15) is 5.54 Å². The molecule has 2 unspecified atom stereocenters. The smallest absolute Gasteiger partial charge is 0.251 e. The third-order valence-corrected chi connectivity index (χ3v) is 6.17. The number of aliphatic imine (C=N–C) groups is 1. The summed E-state index contributed by atoms with van der Waals surface area (Å²) in [5, 5.41) is 2.68. The predicted molar refractivity (Wildman–Crippen MR) is 125 cm³/mol. The number of aromatic nitrogens is 1. The molecule has 0 fully saturated rings. The molecule has 5 nitrogen and oxygen atoms in total. The molecule has 0 spiro atoms. The average Bonchev–Trinajstić information content (AvgIpc) is 2.75. The van der Waals surface area contributed by atoms with Gasteiger partial charge in [-0.1, -0.05) is 42.0 Å². The van der Waals surface area contributed by atoms with Gasteiger partial charge in [-0.05, 0) is 49.6 Å². The van der Waals surface area contributed by atoms with Crippen molar-refractivity contribution in [3.8, 4) is 0 Å². The zero-order valence-corrected chi connectivity index (χ0v) is 18.1. The summed E-state index contributed by atoms with van der Waals surface area (Å²) in [4.78, 5) is 32.2. The molecule has 2 aliphatic rings. The number of fused-ring (bicyclic) bond motifs is 4. The van der Waals surface area contributed by atoms with Crippen molar-refractivity contribution >= 4 is 18.2 Å². The quantitative estimate of drug-likeness (QED) is 0.583. The molecule has 1 aromatic heterocycles. The van der Waals surface area contributed by atoms with Crippen molar-refractivity contribution in [1.29, 1.82) is 0 Å². The van der Waals surface area contributed by atoms with Crippen LogP contribution in [-0.4, -0.2) is 24.2 Å². The van der Waals surface area contributed by atoms with E-state index in [1.165, 1.54) is 11.1 Å². The van der Waals surface area contributed by atoms with Gasteiger partial charge in [0.25, 0.3) is 5.91 Å². The summed E-state index contributed by atoms with van der Waals surface area (Å²) in [6.45, 7) is 4.21. The van der Waals surface area contributed by atoms with Gasteiger partial charge < -0.3 is 10.3 Å². The first kappa shape index (κ1) is 20.8. The standard InChI is InChI=1S/C26H27N3O2/c1-4-21-19-14-17(2)16-26(21,22-11-12-24(30)29-23(22)15-19)28-13-7-9-18-8-5-6-10-20(18)25(31)27-3/h4-14,19H,15-16H2,1-3H3,(H,27,31)(H,29,30)/b9-7+,21-4?,28-13?. The lowest BCUT2D eigenvalue weighted by molar-refractivity contribution is 0.0963. The Labute approximate surface area is 182 Å². The van der Waals surface area contributed by atoms with Gasteiger partial charge >= 0.3 is 0 Å². The second kappa shape index (κ2) is 8.34. The number of carbonyl (C=O) groups excluding carboxylic acids is 1. The van der Waals surface area contributed by atoms with Crippen LogP contribution in [-0.2, 0) is 12.0 Å². The summed E-state index contributed by atoms with van der Waals surface area (Å²) in [6.07, 6.45) is 11.6. The lowest BCUT2D eigenvalue weighted by atomic mass is 9.63. The summed E-state index contributed by atoms with van der Waals surface area (Å²) in [5.74, 6) is 0.118. The maximum absolute atomic E-state index is 12.1. The van der Waals surface area contributed by atoms with Crippen molar-refractivity contribution in [2.45, 2.75) is 32.2 Å². The molecule has 0 saturated heterocycles. The number of hydrogen-bond acceptors (Lipinski definition) is 3. The van der Waals surface area contributed by atoms with E-state index in [-0.39, 0.29) is 17.4 Å². The van der Waals surface area contributed by atoms with Gasteiger partial charge in [0, 0.05) is 48.5 Å². The Morgan fingerprint density at radius 3 is 2.84 bits per heavy atom. The maximum atomic E-state index is 12.1. The van der Waals surface area contributed by atoms with Crippen molar-refractivity contribution in [2.24, 2.45) is 10.9 Å². The number of rotatable bonds is 4. The Kier molecular flexibility index (Phi) is 5.59. The molecule has 1 heterocycles. The topological polar surface area (TPSA) is 74.3 Å². The third-order valence-electron chi connectivity index (χ3n) is 6.17. The Bertz CT molecular complexity index is 1200. The maximum Gasteiger partial charge on any atom is 0.251 e. The van der Waals surface area contributed by atoms with E-state index in [0.717, 1.165) is 29.7 Å². The van der Waals surface area contributed by atoms with E-state index in [9.17, 15) is 9.59 Å². The second-order valence-electron chi connectivity index (χ2n) is 8.12. The summed E-state index contributed by atoms with van der Waals surface area (Å²) in [5.41, 5.74) is 5.48. The van der Waals surface area contributed by atoms with Crippen LogP contribution in [0, 0.1) is 5.92 Å². The molecule has 2 aromatic rings. The Morgan fingerprint density at radius 1 is 1.26 bits per heavy atom.